The topological polar surface area (TPSA) is 83.8 Å². The summed E-state index contributed by atoms with van der Waals surface area (Å²) < 4.78 is 26.5. The van der Waals surface area contributed by atoms with Gasteiger partial charge in [0.1, 0.15) is 11.6 Å². The van der Waals surface area contributed by atoms with E-state index in [4.69, 9.17) is 5.73 Å². The number of amides is 1. The lowest BCUT2D eigenvalue weighted by Crippen LogP contribution is -2.15. The van der Waals surface area contributed by atoms with Crippen LogP contribution in [0.3, 0.4) is 0 Å². The summed E-state index contributed by atoms with van der Waals surface area (Å²) in [4.78, 5) is 12.0. The molecule has 1 aromatic heterocycles. The summed E-state index contributed by atoms with van der Waals surface area (Å²) in [6.07, 6.45) is 2.01. The van der Waals surface area contributed by atoms with E-state index in [1.54, 1.807) is 0 Å². The van der Waals surface area contributed by atoms with Crippen molar-refractivity contribution in [1.29, 1.82) is 0 Å². The predicted octanol–water partition coefficient (Wildman–Crippen LogP) is 2.40. The first-order valence-corrected chi connectivity index (χ1v) is 6.16. The fourth-order valence-electron chi connectivity index (χ4n) is 2.00. The minimum Gasteiger partial charge on any atom is -0.395 e. The molecule has 20 heavy (non-hydrogen) atoms. The molecular formula is C13H12F2N4O. The molecule has 1 aliphatic rings. The van der Waals surface area contributed by atoms with E-state index >= 15 is 0 Å². The van der Waals surface area contributed by atoms with Crippen molar-refractivity contribution in [3.8, 4) is 0 Å². The molecule has 1 heterocycles. The zero-order valence-electron chi connectivity index (χ0n) is 10.4. The maximum atomic E-state index is 13.4. The third-order valence-electron chi connectivity index (χ3n) is 3.21. The number of nitrogens with zero attached hydrogens (tertiary/aromatic N) is 1. The van der Waals surface area contributed by atoms with Crippen LogP contribution in [0.5, 0.6) is 0 Å². The molecule has 1 amide bonds. The zero-order valence-corrected chi connectivity index (χ0v) is 10.4. The van der Waals surface area contributed by atoms with Crippen LogP contribution >= 0.6 is 0 Å². The number of benzene rings is 1. The SMILES string of the molecule is Nc1c(C(=O)Nc2cc(F)ccc2F)n[nH]c1C1CC1. The Morgan fingerprint density at radius 2 is 2.15 bits per heavy atom. The second kappa shape index (κ2) is 4.59. The van der Waals surface area contributed by atoms with E-state index in [-0.39, 0.29) is 17.1 Å². The molecule has 0 unspecified atom stereocenters. The molecule has 1 fully saturated rings. The fourth-order valence-corrected chi connectivity index (χ4v) is 2.00. The lowest BCUT2D eigenvalue weighted by molar-refractivity contribution is 0.102. The van der Waals surface area contributed by atoms with Gasteiger partial charge in [0.2, 0.25) is 0 Å². The van der Waals surface area contributed by atoms with Crippen LogP contribution in [0, 0.1) is 11.6 Å². The summed E-state index contributed by atoms with van der Waals surface area (Å²) in [6, 6.07) is 2.81. The summed E-state index contributed by atoms with van der Waals surface area (Å²) in [6.45, 7) is 0. The quantitative estimate of drug-likeness (QED) is 0.806. The highest BCUT2D eigenvalue weighted by molar-refractivity contribution is 6.06. The van der Waals surface area contributed by atoms with Gasteiger partial charge in [-0.15, -0.1) is 0 Å². The molecule has 4 N–H and O–H groups in total. The Bertz CT molecular complexity index is 679. The number of H-pyrrole nitrogens is 1. The van der Waals surface area contributed by atoms with Crippen molar-refractivity contribution in [2.24, 2.45) is 0 Å². The Kier molecular flexibility index (Phi) is 2.89. The van der Waals surface area contributed by atoms with Crippen LogP contribution < -0.4 is 11.1 Å². The summed E-state index contributed by atoms with van der Waals surface area (Å²) in [5.41, 5.74) is 6.59. The number of nitrogens with one attached hydrogen (secondary N) is 2. The molecule has 0 spiro atoms. The van der Waals surface area contributed by atoms with Crippen LogP contribution in [-0.2, 0) is 0 Å². The summed E-state index contributed by atoms with van der Waals surface area (Å²) in [5, 5.41) is 8.84. The number of hydrogen-bond acceptors (Lipinski definition) is 3. The molecule has 0 aliphatic heterocycles. The van der Waals surface area contributed by atoms with Crippen molar-refractivity contribution >= 4 is 17.3 Å². The zero-order chi connectivity index (χ0) is 14.3. The predicted molar refractivity (Wildman–Crippen MR) is 69.3 cm³/mol. The lowest BCUT2D eigenvalue weighted by Gasteiger charge is -2.05. The van der Waals surface area contributed by atoms with Crippen LogP contribution in [0.15, 0.2) is 18.2 Å². The van der Waals surface area contributed by atoms with Crippen LogP contribution in [0.2, 0.25) is 0 Å². The second-order valence-corrected chi connectivity index (χ2v) is 4.75. The van der Waals surface area contributed by atoms with Crippen molar-refractivity contribution in [2.75, 3.05) is 11.1 Å². The van der Waals surface area contributed by atoms with E-state index in [0.717, 1.165) is 36.7 Å². The Hall–Kier alpha value is -2.44. The smallest absolute Gasteiger partial charge is 0.278 e. The maximum absolute atomic E-state index is 13.4. The minimum atomic E-state index is -0.726. The van der Waals surface area contributed by atoms with Crippen molar-refractivity contribution in [3.63, 3.8) is 0 Å². The van der Waals surface area contributed by atoms with Gasteiger partial charge in [0.25, 0.3) is 5.91 Å². The van der Waals surface area contributed by atoms with E-state index in [2.05, 4.69) is 15.5 Å². The number of rotatable bonds is 3. The molecule has 0 atom stereocenters. The van der Waals surface area contributed by atoms with Gasteiger partial charge in [-0.1, -0.05) is 0 Å². The molecule has 5 nitrogen and oxygen atoms in total. The van der Waals surface area contributed by atoms with E-state index in [1.165, 1.54) is 0 Å². The van der Waals surface area contributed by atoms with Crippen LogP contribution in [0.1, 0.15) is 34.9 Å². The molecule has 1 aromatic carbocycles. The number of nitrogen functional groups attached to an aromatic ring is 1. The van der Waals surface area contributed by atoms with Crippen molar-refractivity contribution in [1.82, 2.24) is 10.2 Å². The van der Waals surface area contributed by atoms with E-state index in [1.807, 2.05) is 0 Å². The highest BCUT2D eigenvalue weighted by Gasteiger charge is 2.30. The molecule has 1 saturated carbocycles. The van der Waals surface area contributed by atoms with E-state index < -0.39 is 17.5 Å². The first-order chi connectivity index (χ1) is 9.56. The number of hydrogen-bond donors (Lipinski definition) is 3. The number of anilines is 2. The second-order valence-electron chi connectivity index (χ2n) is 4.75. The van der Waals surface area contributed by atoms with Crippen molar-refractivity contribution in [2.45, 2.75) is 18.8 Å². The highest BCUT2D eigenvalue weighted by Crippen LogP contribution is 2.42. The van der Waals surface area contributed by atoms with Gasteiger partial charge in [0, 0.05) is 12.0 Å². The highest BCUT2D eigenvalue weighted by atomic mass is 19.1. The third kappa shape index (κ3) is 2.22. The monoisotopic (exact) mass is 278 g/mol. The summed E-state index contributed by atoms with van der Waals surface area (Å²) in [5.74, 6) is -1.73. The molecule has 2 aromatic rings. The first-order valence-electron chi connectivity index (χ1n) is 6.16. The molecule has 0 bridgehead atoms. The first kappa shape index (κ1) is 12.6. The van der Waals surface area contributed by atoms with Gasteiger partial charge < -0.3 is 11.1 Å². The van der Waals surface area contributed by atoms with Gasteiger partial charge in [-0.05, 0) is 25.0 Å². The Morgan fingerprint density at radius 3 is 2.85 bits per heavy atom. The van der Waals surface area contributed by atoms with Gasteiger partial charge in [-0.2, -0.15) is 5.10 Å². The fraction of sp³-hybridized carbons (Fsp3) is 0.231. The summed E-state index contributed by atoms with van der Waals surface area (Å²) in [7, 11) is 0. The molecule has 1 aliphatic carbocycles. The van der Waals surface area contributed by atoms with Crippen LogP contribution in [-0.4, -0.2) is 16.1 Å². The van der Waals surface area contributed by atoms with Crippen molar-refractivity contribution in [3.05, 3.63) is 41.2 Å². The van der Waals surface area contributed by atoms with Gasteiger partial charge >= 0.3 is 0 Å². The summed E-state index contributed by atoms with van der Waals surface area (Å²) >= 11 is 0. The van der Waals surface area contributed by atoms with Gasteiger partial charge in [0.05, 0.1) is 17.1 Å². The number of carbonyl (C=O) groups excluding carboxylic acids is 1. The molecule has 0 saturated heterocycles. The van der Waals surface area contributed by atoms with Crippen LogP contribution in [0.4, 0.5) is 20.2 Å². The molecule has 3 rings (SSSR count). The molecular weight excluding hydrogens is 266 g/mol. The van der Waals surface area contributed by atoms with Gasteiger partial charge in [-0.3, -0.25) is 9.89 Å². The number of carbonyl (C=O) groups is 1. The number of halogens is 2. The number of aromatic nitrogens is 2. The normalized spacial score (nSPS) is 14.3. The van der Waals surface area contributed by atoms with E-state index in [9.17, 15) is 13.6 Å². The van der Waals surface area contributed by atoms with Gasteiger partial charge in [0.15, 0.2) is 5.69 Å². The largest absolute Gasteiger partial charge is 0.395 e. The van der Waals surface area contributed by atoms with Crippen LogP contribution in [0.25, 0.3) is 0 Å². The third-order valence-corrected chi connectivity index (χ3v) is 3.21. The number of aromatic amines is 1. The van der Waals surface area contributed by atoms with Gasteiger partial charge in [-0.25, -0.2) is 8.78 Å². The molecule has 0 radical (unpaired) electrons. The standard InChI is InChI=1S/C13H12F2N4O/c14-7-3-4-8(15)9(5-7)17-13(20)12-10(16)11(18-19-12)6-1-2-6/h3-6H,1-2,16H2,(H,17,20)(H,18,19). The number of nitrogens with two attached hydrogens (primary N) is 1. The minimum absolute atomic E-state index is 0.00411. The van der Waals surface area contributed by atoms with E-state index in [0.29, 0.717) is 5.92 Å². The maximum Gasteiger partial charge on any atom is 0.278 e. The Labute approximate surface area is 113 Å². The Morgan fingerprint density at radius 1 is 1.40 bits per heavy atom. The van der Waals surface area contributed by atoms with Crippen molar-refractivity contribution < 1.29 is 13.6 Å². The Balaban J connectivity index is 1.84. The average molecular weight is 278 g/mol. The molecule has 7 heteroatoms. The lowest BCUT2D eigenvalue weighted by atomic mass is 10.2. The molecule has 104 valence electrons. The average Bonchev–Trinajstić information content (AvgIpc) is 3.17.